The normalized spacial score (nSPS) is 14.4. The lowest BCUT2D eigenvalue weighted by molar-refractivity contribution is -0.127. The molecule has 0 aliphatic rings. The Labute approximate surface area is 705 Å². The smallest absolute Gasteiger partial charge is 0.475 e. The average molecular weight is 1690 g/mol. The lowest BCUT2D eigenvalue weighted by atomic mass is 10.0. The number of rotatable bonds is 54. The van der Waals surface area contributed by atoms with Crippen molar-refractivity contribution >= 4 is 60.3 Å². The lowest BCUT2D eigenvalue weighted by Gasteiger charge is -2.32. The number of hydrogen-bond donors (Lipinski definition) is 0. The van der Waals surface area contributed by atoms with E-state index in [1.807, 2.05) is 226 Å². The van der Waals surface area contributed by atoms with Crippen LogP contribution < -0.4 is 28.4 Å². The van der Waals surface area contributed by atoms with Crippen molar-refractivity contribution in [2.24, 2.45) is 0 Å². The van der Waals surface area contributed by atoms with E-state index in [1.165, 1.54) is 0 Å². The van der Waals surface area contributed by atoms with E-state index in [0.29, 0.717) is 95.0 Å². The van der Waals surface area contributed by atoms with E-state index in [4.69, 9.17) is 91.0 Å². The third-order valence-electron chi connectivity index (χ3n) is 19.8. The van der Waals surface area contributed by atoms with Crippen LogP contribution in [-0.2, 0) is 85.3 Å². The maximum Gasteiger partial charge on any atom is 0.475 e. The van der Waals surface area contributed by atoms with Crippen molar-refractivity contribution in [3.05, 3.63) is 211 Å². The van der Waals surface area contributed by atoms with Gasteiger partial charge in [-0.2, -0.15) is 0 Å². The van der Waals surface area contributed by atoms with Crippen molar-refractivity contribution in [1.82, 2.24) is 29.4 Å². The summed E-state index contributed by atoms with van der Waals surface area (Å²) < 4.78 is 95.2. The largest absolute Gasteiger partial charge is 0.497 e. The summed E-state index contributed by atoms with van der Waals surface area (Å²) in [5, 5.41) is -0.466. The van der Waals surface area contributed by atoms with Gasteiger partial charge in [0.25, 0.3) is 17.7 Å². The molecule has 0 N–H and O–H groups in total. The van der Waals surface area contributed by atoms with Crippen molar-refractivity contribution in [3.8, 4) is 34.5 Å². The Morgan fingerprint density at radius 3 is 0.836 bits per heavy atom. The fourth-order valence-electron chi connectivity index (χ4n) is 13.0. The second kappa shape index (κ2) is 51.1. The zero-order valence-electron chi connectivity index (χ0n) is 71.5. The van der Waals surface area contributed by atoms with Crippen LogP contribution in [0, 0.1) is 0 Å². The maximum atomic E-state index is 16.8. The minimum absolute atomic E-state index is 0.000895. The highest BCUT2D eigenvalue weighted by Crippen LogP contribution is 2.51. The highest BCUT2D eigenvalue weighted by molar-refractivity contribution is 7.48. The Balaban J connectivity index is 1.49. The molecule has 0 bridgehead atoms. The number of carbonyl (C=O) groups excluding carboxylic acids is 3. The van der Waals surface area contributed by atoms with Crippen molar-refractivity contribution < 1.29 is 75.2 Å². The van der Waals surface area contributed by atoms with Gasteiger partial charge >= 0.3 is 7.82 Å². The van der Waals surface area contributed by atoms with Crippen molar-refractivity contribution in [2.45, 2.75) is 137 Å². The zero-order chi connectivity index (χ0) is 84.9. The van der Waals surface area contributed by atoms with Gasteiger partial charge in [-0.3, -0.25) is 28.0 Å². The van der Waals surface area contributed by atoms with Crippen LogP contribution in [0.15, 0.2) is 177 Å². The molecule has 0 aliphatic carbocycles. The van der Waals surface area contributed by atoms with E-state index in [2.05, 4.69) is 18.2 Å². The molecule has 0 aliphatic heterocycles. The molecule has 6 aromatic carbocycles. The average Bonchev–Trinajstić information content (AvgIpc) is 0.826. The quantitative estimate of drug-likeness (QED) is 0.0258. The summed E-state index contributed by atoms with van der Waals surface area (Å²) in [5.41, 5.74) is 6.87. The molecule has 0 fully saturated rings. The number of aryl methyl sites for hydroxylation is 6. The number of para-hydroxylation sites is 3. The number of phosphoric ester groups is 1. The number of benzene rings is 6. The van der Waals surface area contributed by atoms with Gasteiger partial charge in [-0.05, 0) is 248 Å². The molecule has 6 atom stereocenters. The number of likely N-dealkylation sites (N-methyl/N-ethyl adjacent to an activating group) is 6. The molecule has 26 heteroatoms. The predicted molar refractivity (Wildman–Crippen MR) is 464 cm³/mol. The third kappa shape index (κ3) is 31.7. The number of amides is 3. The molecule has 6 aromatic rings. The first-order valence-corrected chi connectivity index (χ1v) is 42.7. The highest BCUT2D eigenvalue weighted by atomic mass is 35.5. The molecular formula is C90H126Cl3N6O16P. The van der Waals surface area contributed by atoms with E-state index in [-0.39, 0.29) is 71.3 Å². The minimum atomic E-state index is -5.16. The van der Waals surface area contributed by atoms with E-state index >= 15 is 4.57 Å². The van der Waals surface area contributed by atoms with Crippen molar-refractivity contribution in [2.75, 3.05) is 162 Å². The molecule has 22 nitrogen and oxygen atoms in total. The van der Waals surface area contributed by atoms with Gasteiger partial charge in [0, 0.05) is 58.9 Å². The van der Waals surface area contributed by atoms with E-state index in [0.717, 1.165) is 50.6 Å². The first kappa shape index (κ1) is 97.3. The maximum absolute atomic E-state index is 16.8. The van der Waals surface area contributed by atoms with Crippen molar-refractivity contribution in [3.63, 3.8) is 0 Å². The fraction of sp³-hybridized carbons (Fsp3) is 0.500. The zero-order valence-corrected chi connectivity index (χ0v) is 74.6. The van der Waals surface area contributed by atoms with Crippen LogP contribution in [-0.4, -0.2) is 246 Å². The summed E-state index contributed by atoms with van der Waals surface area (Å²) in [6.07, 6.45) is -2.03. The number of halogens is 3. The summed E-state index contributed by atoms with van der Waals surface area (Å²) in [5.74, 6) is 2.79. The van der Waals surface area contributed by atoms with Gasteiger partial charge in [-0.1, -0.05) is 126 Å². The van der Waals surface area contributed by atoms with Crippen LogP contribution in [0.1, 0.15) is 95.7 Å². The number of phosphoric acid groups is 1. The first-order chi connectivity index (χ1) is 55.6. The number of hydrogen-bond acceptors (Lipinski definition) is 19. The Morgan fingerprint density at radius 2 is 0.603 bits per heavy atom. The minimum Gasteiger partial charge on any atom is -0.497 e. The molecule has 0 spiro atoms. The molecule has 6 rings (SSSR count). The molecule has 0 saturated carbocycles. The van der Waals surface area contributed by atoms with Gasteiger partial charge in [0.15, 0.2) is 0 Å². The van der Waals surface area contributed by atoms with Crippen LogP contribution in [0.5, 0.6) is 34.5 Å². The third-order valence-corrected chi connectivity index (χ3v) is 22.6. The van der Waals surface area contributed by atoms with Gasteiger partial charge in [0.05, 0.1) is 41.2 Å². The Kier molecular flexibility index (Phi) is 42.8. The fourth-order valence-corrected chi connectivity index (χ4v) is 14.9. The summed E-state index contributed by atoms with van der Waals surface area (Å²) in [6, 6.07) is 47.3. The molecule has 0 radical (unpaired) electrons. The van der Waals surface area contributed by atoms with Crippen LogP contribution in [0.3, 0.4) is 0 Å². The number of methoxy groups -OCH3 is 3. The van der Waals surface area contributed by atoms with Crippen LogP contribution in [0.25, 0.3) is 0 Å². The van der Waals surface area contributed by atoms with Gasteiger partial charge < -0.3 is 72.0 Å². The van der Waals surface area contributed by atoms with E-state index < -0.39 is 82.0 Å². The Morgan fingerprint density at radius 1 is 0.353 bits per heavy atom. The van der Waals surface area contributed by atoms with Crippen molar-refractivity contribution in [1.29, 1.82) is 0 Å². The molecule has 638 valence electrons. The highest BCUT2D eigenvalue weighted by Gasteiger charge is 2.38. The van der Waals surface area contributed by atoms with Gasteiger partial charge in [0.1, 0.15) is 106 Å². The second-order valence-corrected chi connectivity index (χ2v) is 31.9. The van der Waals surface area contributed by atoms with E-state index in [9.17, 15) is 14.4 Å². The summed E-state index contributed by atoms with van der Waals surface area (Å²) >= 11 is 21.8. The van der Waals surface area contributed by atoms with Gasteiger partial charge in [-0.15, -0.1) is 0 Å². The van der Waals surface area contributed by atoms with E-state index in [1.54, 1.807) is 56.8 Å². The molecule has 116 heavy (non-hydrogen) atoms. The molecule has 0 saturated heterocycles. The molecule has 6 unspecified atom stereocenters. The molecular weight excluding hydrogens is 1560 g/mol. The Bertz CT molecular complexity index is 3740. The number of nitrogens with zero attached hydrogens (tertiary/aromatic N) is 6. The monoisotopic (exact) mass is 1680 g/mol. The van der Waals surface area contributed by atoms with Crippen LogP contribution in [0.4, 0.5) is 0 Å². The molecule has 0 aromatic heterocycles. The van der Waals surface area contributed by atoms with Crippen LogP contribution in [0.2, 0.25) is 0 Å². The van der Waals surface area contributed by atoms with Gasteiger partial charge in [0.2, 0.25) is 0 Å². The SMILES string of the molecule is CCN(CC)C(=O)/C(Cl)=C(\C)C(COP(=O)(OCC(OC(COc1ccccc1CCc1cccc(OC)c1)CN(C)C)/C(C)=C(\Cl)C(=O)N(CC)CC)OCC(OC(COc1ccccc1CCc1cccc(OC)c1)CN(C)C)/C(C)=C(/Cl)C(=O)N(CC)CC)OC(COc1ccccc1CCc1cccc(OC)c1)CN(C)C. The lowest BCUT2D eigenvalue weighted by Crippen LogP contribution is -2.40. The topological polar surface area (TPSA) is 198 Å². The first-order valence-electron chi connectivity index (χ1n) is 40.1. The summed E-state index contributed by atoms with van der Waals surface area (Å²) in [7, 11) is 11.1. The van der Waals surface area contributed by atoms with Crippen LogP contribution >= 0.6 is 42.6 Å². The summed E-state index contributed by atoms with van der Waals surface area (Å²) in [4.78, 5) is 54.0. The predicted octanol–water partition coefficient (Wildman–Crippen LogP) is 15.9. The molecule has 0 heterocycles. The van der Waals surface area contributed by atoms with Gasteiger partial charge in [-0.25, -0.2) is 4.57 Å². The summed E-state index contributed by atoms with van der Waals surface area (Å²) in [6.45, 7) is 17.2. The standard InChI is InChI=1S/C90H126Cl3N6O16P/c1-19-97(20-2)88(100)85(91)64(7)82(113-76(55-94(10)11)58-107-79-43-28-25-37-70(79)49-46-67-34-31-40-73(52-67)104-16)61-110-116(103,111-62-83(65(8)86(92)89(101)98(21-3)22-4)114-77(56-95(12)13)59-108-80-44-29-26-38-71(80)50-47-68-35-32-41-74(53-68)105-17)112-63-84(66(9)87(93)90(102)99(23-5)24-6)115-78(57-96(14)15)60-109-81-45-30-27-39-72(81)51-48-69-36-33-42-75(54-69)106-18/h25-45,52-54,76-78,82-84H,19-24,46-51,55-63H2,1-18H3/b85-64-,86-65-,87-66+. The number of ether oxygens (including phenoxy) is 9. The molecule has 3 amide bonds. The number of carbonyl (C=O) groups is 3. The Hall–Kier alpha value is -7.51. The second-order valence-electron chi connectivity index (χ2n) is 29.1.